The van der Waals surface area contributed by atoms with Crippen LogP contribution in [-0.4, -0.2) is 11.0 Å². The molecule has 5 heteroatoms. The van der Waals surface area contributed by atoms with E-state index in [2.05, 4.69) is 0 Å². The molecule has 0 spiro atoms. The molecule has 0 radical (unpaired) electrons. The van der Waals surface area contributed by atoms with Crippen molar-refractivity contribution in [3.63, 3.8) is 0 Å². The number of hydrogen-bond acceptors (Lipinski definition) is 0. The van der Waals surface area contributed by atoms with Crippen LogP contribution in [0.5, 0.6) is 0 Å². The Morgan fingerprint density at radius 3 is 0.600 bits per heavy atom. The Morgan fingerprint density at radius 2 is 0.600 bits per heavy atom. The Kier molecular flexibility index (Phi) is 236. The molecular weight excluding hydrogens is 494 g/mol. The Hall–Kier alpha value is 3.07. The summed E-state index contributed by atoms with van der Waals surface area (Å²) in [5, 5.41) is 0. The summed E-state index contributed by atoms with van der Waals surface area (Å²) in [5.41, 5.74) is 0. The molecule has 0 fully saturated rings. The second-order valence-corrected chi connectivity index (χ2v) is 0. The van der Waals surface area contributed by atoms with Gasteiger partial charge >= 0.3 is 99.7 Å². The maximum Gasteiger partial charge on any atom is 1.00 e. The van der Waals surface area contributed by atoms with Gasteiger partial charge in [-0.05, 0) is 0 Å². The summed E-state index contributed by atoms with van der Waals surface area (Å²) < 4.78 is 0. The topological polar surface area (TPSA) is 91.5 Å². The Bertz CT molecular complexity index is 4.85. The zero-order chi connectivity index (χ0) is 0. The molecule has 24 valence electrons. The maximum atomic E-state index is 0. The van der Waals surface area contributed by atoms with Crippen LogP contribution in [0.3, 0.4) is 0 Å². The molecular formula is H4Fr2O3. The van der Waals surface area contributed by atoms with Gasteiger partial charge in [0.2, 0.25) is 0 Å². The van der Waals surface area contributed by atoms with Crippen molar-refractivity contribution in [3.05, 3.63) is 0 Å². The van der Waals surface area contributed by atoms with Crippen molar-refractivity contribution in [1.82, 2.24) is 0 Å². The average Bonchev–Trinajstić information content (AvgIpc) is 0. The van der Waals surface area contributed by atoms with Crippen LogP contribution in [0.25, 0.3) is 0 Å². The molecule has 0 aliphatic heterocycles. The Labute approximate surface area is 113 Å². The van der Waals surface area contributed by atoms with Gasteiger partial charge < -0.3 is 16.4 Å². The Balaban J connectivity index is 0. The zero-order valence-electron chi connectivity index (χ0n) is 3.41. The van der Waals surface area contributed by atoms with Gasteiger partial charge in [-0.1, -0.05) is 0 Å². The molecule has 0 unspecified atom stereocenters. The second-order valence-electron chi connectivity index (χ2n) is 0. The smallest absolute Gasteiger partial charge is 1.00 e. The van der Waals surface area contributed by atoms with Crippen molar-refractivity contribution in [2.75, 3.05) is 0 Å². The van der Waals surface area contributed by atoms with Crippen LogP contribution < -0.4 is 0 Å². The standard InChI is InChI=1S/2Fr.2H2O.O/h;;2*1H2;/q2*+1;;;-2. The van der Waals surface area contributed by atoms with Crippen molar-refractivity contribution in [2.24, 2.45) is 0 Å². The summed E-state index contributed by atoms with van der Waals surface area (Å²) in [6.45, 7) is 0. The largest absolute Gasteiger partial charge is 2.00 e. The van der Waals surface area contributed by atoms with Crippen LogP contribution in [0.4, 0.5) is 0 Å². The minimum atomic E-state index is 0. The quantitative estimate of drug-likeness (QED) is 0.379. The Morgan fingerprint density at radius 1 is 0.600 bits per heavy atom. The monoisotopic (exact) mass is 498 g/mol. The van der Waals surface area contributed by atoms with E-state index in [1.807, 2.05) is 0 Å². The summed E-state index contributed by atoms with van der Waals surface area (Å²) >= 11 is 0. The number of rotatable bonds is 0. The van der Waals surface area contributed by atoms with Crippen molar-refractivity contribution in [1.29, 1.82) is 0 Å². The minimum Gasteiger partial charge on any atom is -2.00 e. The third-order valence-electron chi connectivity index (χ3n) is 0. The third-order valence-corrected chi connectivity index (χ3v) is 0. The molecule has 3 nitrogen and oxygen atoms in total. The van der Waals surface area contributed by atoms with Gasteiger partial charge in [0.1, 0.15) is 0 Å². The molecule has 0 aromatic heterocycles. The van der Waals surface area contributed by atoms with Gasteiger partial charge in [0, 0.05) is 0 Å². The normalized spacial score (nSPS) is 0. The van der Waals surface area contributed by atoms with Gasteiger partial charge in [0.15, 0.2) is 0 Å². The number of hydrogen-bond donors (Lipinski definition) is 0. The first-order valence-corrected chi connectivity index (χ1v) is 0. The first-order valence-electron chi connectivity index (χ1n) is 0. The summed E-state index contributed by atoms with van der Waals surface area (Å²) in [6, 6.07) is 0. The van der Waals surface area contributed by atoms with E-state index in [0.29, 0.717) is 0 Å². The van der Waals surface area contributed by atoms with Crippen molar-refractivity contribution in [3.8, 4) is 0 Å². The molecule has 0 amide bonds. The van der Waals surface area contributed by atoms with Gasteiger partial charge in [-0.25, -0.2) is 0 Å². The molecule has 0 rings (SSSR count). The zero-order valence-corrected chi connectivity index (χ0v) is 19.8. The molecule has 0 bridgehead atoms. The first kappa shape index (κ1) is 42.7. The predicted octanol–water partition coefficient (Wildman–Crippen LogP) is -1.77. The van der Waals surface area contributed by atoms with Gasteiger partial charge in [0.25, 0.3) is 0 Å². The van der Waals surface area contributed by atoms with Crippen molar-refractivity contribution in [2.45, 2.75) is 0 Å². The second kappa shape index (κ2) is 27.6. The molecule has 0 aromatic carbocycles. The van der Waals surface area contributed by atoms with Crippen LogP contribution >= 0.6 is 0 Å². The summed E-state index contributed by atoms with van der Waals surface area (Å²) in [6.07, 6.45) is 0. The van der Waals surface area contributed by atoms with E-state index >= 15 is 0 Å². The van der Waals surface area contributed by atoms with E-state index in [4.69, 9.17) is 0 Å². The van der Waals surface area contributed by atoms with Crippen LogP contribution in [0.2, 0.25) is 0 Å². The fraction of sp³-hybridized carbons (Fsp3) is 0. The molecule has 0 aromatic rings. The van der Waals surface area contributed by atoms with Crippen LogP contribution in [0.15, 0.2) is 0 Å². The fourth-order valence-electron chi connectivity index (χ4n) is 0. The average molecular weight is 498 g/mol. The molecule has 0 atom stereocenters. The van der Waals surface area contributed by atoms with E-state index in [9.17, 15) is 0 Å². The molecule has 0 saturated carbocycles. The maximum absolute atomic E-state index is 0. The van der Waals surface area contributed by atoms with E-state index in [1.54, 1.807) is 0 Å². The SMILES string of the molecule is O.O.[Fr+].[Fr+].[O-2]. The van der Waals surface area contributed by atoms with E-state index in [0.717, 1.165) is 0 Å². The van der Waals surface area contributed by atoms with Gasteiger partial charge in [-0.15, -0.1) is 0 Å². The first-order chi connectivity index (χ1) is 0. The predicted molar refractivity (Wildman–Crippen MR) is 7.91 cm³/mol. The van der Waals surface area contributed by atoms with E-state index in [-0.39, 0.29) is 116 Å². The summed E-state index contributed by atoms with van der Waals surface area (Å²) in [4.78, 5) is 0. The van der Waals surface area contributed by atoms with Crippen LogP contribution in [0, 0.1) is 99.7 Å². The minimum absolute atomic E-state index is 0. The molecule has 4 N–H and O–H groups in total. The summed E-state index contributed by atoms with van der Waals surface area (Å²) in [7, 11) is 0. The molecule has 0 heterocycles. The molecule has 0 aliphatic rings. The molecule has 0 saturated heterocycles. The third kappa shape index (κ3) is 19.3. The summed E-state index contributed by atoms with van der Waals surface area (Å²) in [5.74, 6) is 0. The molecule has 0 aliphatic carbocycles. The van der Waals surface area contributed by atoms with Gasteiger partial charge in [-0.3, -0.25) is 0 Å². The van der Waals surface area contributed by atoms with E-state index < -0.39 is 0 Å². The fourth-order valence-corrected chi connectivity index (χ4v) is 0. The van der Waals surface area contributed by atoms with Crippen molar-refractivity contribution >= 4 is 0 Å². The van der Waals surface area contributed by atoms with E-state index in [1.165, 1.54) is 0 Å². The van der Waals surface area contributed by atoms with Gasteiger partial charge in [-0.2, -0.15) is 0 Å². The van der Waals surface area contributed by atoms with Crippen molar-refractivity contribution < 1.29 is 116 Å². The molecule has 5 heavy (non-hydrogen) atoms. The van der Waals surface area contributed by atoms with Crippen LogP contribution in [0.1, 0.15) is 0 Å². The van der Waals surface area contributed by atoms with Gasteiger partial charge in [0.05, 0.1) is 0 Å². The van der Waals surface area contributed by atoms with Crippen LogP contribution in [-0.2, 0) is 5.48 Å².